The van der Waals surface area contributed by atoms with Crippen molar-refractivity contribution >= 4 is 23.4 Å². The van der Waals surface area contributed by atoms with E-state index in [-0.39, 0.29) is 18.7 Å². The van der Waals surface area contributed by atoms with Gasteiger partial charge < -0.3 is 10.1 Å². The van der Waals surface area contributed by atoms with Crippen LogP contribution >= 0.6 is 0 Å². The Morgan fingerprint density at radius 3 is 2.17 bits per heavy atom. The van der Waals surface area contributed by atoms with Gasteiger partial charge in [-0.1, -0.05) is 29.8 Å². The second-order valence-electron chi connectivity index (χ2n) is 6.98. The molecule has 29 heavy (non-hydrogen) atoms. The third-order valence-corrected chi connectivity index (χ3v) is 4.27. The van der Waals surface area contributed by atoms with Crippen molar-refractivity contribution in [1.82, 2.24) is 10.9 Å². The lowest BCUT2D eigenvalue weighted by Gasteiger charge is -2.15. The molecule has 0 spiro atoms. The van der Waals surface area contributed by atoms with Gasteiger partial charge in [0.25, 0.3) is 5.91 Å². The Kier molecular flexibility index (Phi) is 7.77. The van der Waals surface area contributed by atoms with Crippen LogP contribution in [-0.2, 0) is 14.4 Å². The molecule has 0 aliphatic heterocycles. The van der Waals surface area contributed by atoms with Crippen molar-refractivity contribution in [3.8, 4) is 5.75 Å². The number of carbonyl (C=O) groups excluding carboxylic acids is 3. The summed E-state index contributed by atoms with van der Waals surface area (Å²) in [7, 11) is 0. The standard InChI is InChI=1S/C22H27N3O4/c1-14-6-9-18(10-7-14)29-17(4)22(28)25-24-21(27)12-11-20(26)23-19-13-15(2)5-8-16(19)3/h5-10,13,17H,11-12H2,1-4H3,(H,23,26)(H,24,27)(H,25,28). The number of hydrogen-bond acceptors (Lipinski definition) is 4. The fourth-order valence-electron chi connectivity index (χ4n) is 2.48. The van der Waals surface area contributed by atoms with Crippen LogP contribution in [0.5, 0.6) is 5.75 Å². The van der Waals surface area contributed by atoms with Gasteiger partial charge in [-0.25, -0.2) is 0 Å². The summed E-state index contributed by atoms with van der Waals surface area (Å²) < 4.78 is 5.52. The molecule has 2 rings (SSSR count). The molecule has 3 amide bonds. The van der Waals surface area contributed by atoms with Crippen molar-refractivity contribution < 1.29 is 19.1 Å². The number of hydrogen-bond donors (Lipinski definition) is 3. The minimum Gasteiger partial charge on any atom is -0.481 e. The lowest BCUT2D eigenvalue weighted by atomic mass is 10.1. The van der Waals surface area contributed by atoms with Gasteiger partial charge in [0, 0.05) is 18.5 Å². The van der Waals surface area contributed by atoms with Gasteiger partial charge in [-0.05, 0) is 57.0 Å². The minimum absolute atomic E-state index is 0.00447. The topological polar surface area (TPSA) is 96.5 Å². The molecule has 1 unspecified atom stereocenters. The zero-order valence-electron chi connectivity index (χ0n) is 17.2. The van der Waals surface area contributed by atoms with Crippen molar-refractivity contribution in [2.45, 2.75) is 46.6 Å². The van der Waals surface area contributed by atoms with Gasteiger partial charge in [0.2, 0.25) is 11.8 Å². The van der Waals surface area contributed by atoms with E-state index in [2.05, 4.69) is 16.2 Å². The monoisotopic (exact) mass is 397 g/mol. The van der Waals surface area contributed by atoms with Gasteiger partial charge >= 0.3 is 0 Å². The van der Waals surface area contributed by atoms with Crippen LogP contribution in [0.2, 0.25) is 0 Å². The first-order chi connectivity index (χ1) is 13.7. The van der Waals surface area contributed by atoms with Crippen LogP contribution in [0.15, 0.2) is 42.5 Å². The molecule has 3 N–H and O–H groups in total. The molecule has 0 aliphatic carbocycles. The Balaban J connectivity index is 1.71. The van der Waals surface area contributed by atoms with E-state index in [1.807, 2.05) is 51.1 Å². The van der Waals surface area contributed by atoms with E-state index in [9.17, 15) is 14.4 Å². The van der Waals surface area contributed by atoms with Crippen LogP contribution in [0.1, 0.15) is 36.5 Å². The summed E-state index contributed by atoms with van der Waals surface area (Å²) in [6, 6.07) is 13.1. The van der Waals surface area contributed by atoms with Gasteiger partial charge in [-0.15, -0.1) is 0 Å². The third-order valence-electron chi connectivity index (χ3n) is 4.27. The number of nitrogens with one attached hydrogen (secondary N) is 3. The highest BCUT2D eigenvalue weighted by Gasteiger charge is 2.16. The highest BCUT2D eigenvalue weighted by Crippen LogP contribution is 2.16. The maximum atomic E-state index is 12.1. The van der Waals surface area contributed by atoms with Gasteiger partial charge in [0.1, 0.15) is 5.75 Å². The van der Waals surface area contributed by atoms with Gasteiger partial charge in [-0.3, -0.25) is 25.2 Å². The maximum Gasteiger partial charge on any atom is 0.279 e. The van der Waals surface area contributed by atoms with E-state index in [1.54, 1.807) is 19.1 Å². The molecular weight excluding hydrogens is 370 g/mol. The third kappa shape index (κ3) is 7.29. The van der Waals surface area contributed by atoms with E-state index in [0.29, 0.717) is 5.75 Å². The molecule has 7 heteroatoms. The van der Waals surface area contributed by atoms with Gasteiger partial charge in [-0.2, -0.15) is 0 Å². The SMILES string of the molecule is Cc1ccc(OC(C)C(=O)NNC(=O)CCC(=O)Nc2cc(C)ccc2C)cc1. The average Bonchev–Trinajstić information content (AvgIpc) is 2.69. The molecular formula is C22H27N3O4. The Labute approximate surface area is 170 Å². The molecule has 0 aliphatic rings. The van der Waals surface area contributed by atoms with E-state index < -0.39 is 17.9 Å². The summed E-state index contributed by atoms with van der Waals surface area (Å²) in [5.74, 6) is -0.653. The first kappa shape index (κ1) is 21.9. The van der Waals surface area contributed by atoms with E-state index >= 15 is 0 Å². The van der Waals surface area contributed by atoms with Crippen molar-refractivity contribution in [1.29, 1.82) is 0 Å². The number of benzene rings is 2. The van der Waals surface area contributed by atoms with Crippen molar-refractivity contribution in [3.63, 3.8) is 0 Å². The second kappa shape index (κ2) is 10.3. The Morgan fingerprint density at radius 1 is 0.862 bits per heavy atom. The Hall–Kier alpha value is -3.35. The van der Waals surface area contributed by atoms with Crippen LogP contribution in [-0.4, -0.2) is 23.8 Å². The summed E-state index contributed by atoms with van der Waals surface area (Å²) >= 11 is 0. The molecule has 0 radical (unpaired) electrons. The van der Waals surface area contributed by atoms with Crippen LogP contribution in [0.3, 0.4) is 0 Å². The summed E-state index contributed by atoms with van der Waals surface area (Å²) in [6.07, 6.45) is -0.833. The molecule has 154 valence electrons. The van der Waals surface area contributed by atoms with E-state index in [4.69, 9.17) is 4.74 Å². The van der Waals surface area contributed by atoms with Crippen LogP contribution < -0.4 is 20.9 Å². The summed E-state index contributed by atoms with van der Waals surface area (Å²) in [5, 5.41) is 2.79. The predicted octanol–water partition coefficient (Wildman–Crippen LogP) is 2.95. The molecule has 2 aromatic rings. The quantitative estimate of drug-likeness (QED) is 0.626. The number of ether oxygens (including phenoxy) is 1. The molecule has 2 aromatic carbocycles. The molecule has 0 bridgehead atoms. The predicted molar refractivity (Wildman–Crippen MR) is 111 cm³/mol. The summed E-state index contributed by atoms with van der Waals surface area (Å²) in [5.41, 5.74) is 8.41. The van der Waals surface area contributed by atoms with E-state index in [0.717, 1.165) is 22.4 Å². The Bertz CT molecular complexity index is 878. The fraction of sp³-hybridized carbons (Fsp3) is 0.318. The van der Waals surface area contributed by atoms with Crippen LogP contribution in [0.4, 0.5) is 5.69 Å². The Morgan fingerprint density at radius 2 is 1.48 bits per heavy atom. The number of hydrazine groups is 1. The summed E-state index contributed by atoms with van der Waals surface area (Å²) in [6.45, 7) is 7.38. The highest BCUT2D eigenvalue weighted by atomic mass is 16.5. The molecule has 0 saturated heterocycles. The highest BCUT2D eigenvalue weighted by molar-refractivity contribution is 5.94. The normalized spacial score (nSPS) is 11.3. The smallest absolute Gasteiger partial charge is 0.279 e. The summed E-state index contributed by atoms with van der Waals surface area (Å²) in [4.78, 5) is 36.0. The number of amides is 3. The van der Waals surface area contributed by atoms with Crippen LogP contribution in [0.25, 0.3) is 0 Å². The maximum absolute atomic E-state index is 12.1. The zero-order valence-corrected chi connectivity index (χ0v) is 17.2. The second-order valence-corrected chi connectivity index (χ2v) is 6.98. The van der Waals surface area contributed by atoms with Crippen molar-refractivity contribution in [2.24, 2.45) is 0 Å². The lowest BCUT2D eigenvalue weighted by molar-refractivity contribution is -0.133. The molecule has 0 heterocycles. The average molecular weight is 397 g/mol. The number of aryl methyl sites for hydroxylation is 3. The molecule has 1 atom stereocenters. The number of rotatable bonds is 7. The lowest BCUT2D eigenvalue weighted by Crippen LogP contribution is -2.47. The molecule has 0 aromatic heterocycles. The molecule has 7 nitrogen and oxygen atoms in total. The minimum atomic E-state index is -0.786. The van der Waals surface area contributed by atoms with Crippen molar-refractivity contribution in [3.05, 3.63) is 59.2 Å². The first-order valence-electron chi connectivity index (χ1n) is 9.43. The van der Waals surface area contributed by atoms with E-state index in [1.165, 1.54) is 0 Å². The zero-order chi connectivity index (χ0) is 21.4. The number of anilines is 1. The first-order valence-corrected chi connectivity index (χ1v) is 9.43. The van der Waals surface area contributed by atoms with Crippen molar-refractivity contribution in [2.75, 3.05) is 5.32 Å². The molecule has 0 fully saturated rings. The fourth-order valence-corrected chi connectivity index (χ4v) is 2.48. The number of carbonyl (C=O) groups is 3. The van der Waals surface area contributed by atoms with Gasteiger partial charge in [0.05, 0.1) is 0 Å². The molecule has 0 saturated carbocycles. The van der Waals surface area contributed by atoms with Crippen LogP contribution in [0, 0.1) is 20.8 Å². The van der Waals surface area contributed by atoms with Gasteiger partial charge in [0.15, 0.2) is 6.10 Å². The largest absolute Gasteiger partial charge is 0.481 e.